The Morgan fingerprint density at radius 1 is 1.00 bits per heavy atom. The van der Waals surface area contributed by atoms with Crippen LogP contribution in [0.4, 0.5) is 4.79 Å². The molecule has 2 rings (SSSR count). The molecule has 0 radical (unpaired) electrons. The zero-order chi connectivity index (χ0) is 20.4. The molecule has 1 N–H and O–H groups in total. The molecule has 0 saturated heterocycles. The first-order valence-corrected chi connectivity index (χ1v) is 8.90. The Kier molecular flexibility index (Phi) is 11.4. The van der Waals surface area contributed by atoms with Gasteiger partial charge in [-0.2, -0.15) is 0 Å². The van der Waals surface area contributed by atoms with E-state index in [1.165, 1.54) is 0 Å². The van der Waals surface area contributed by atoms with E-state index in [1.807, 2.05) is 6.07 Å². The number of esters is 1. The number of carboxylic acids is 1. The topological polar surface area (TPSA) is 105 Å². The SMILES string of the molecule is O=C([O-])CCC(NC(=O)OCOC(=O)Cc1ccccc1)c1ccc(Cl)cc1.[Na+]. The van der Waals surface area contributed by atoms with Gasteiger partial charge in [-0.25, -0.2) is 4.79 Å². The van der Waals surface area contributed by atoms with Crippen molar-refractivity contribution < 1.29 is 58.5 Å². The van der Waals surface area contributed by atoms with E-state index in [-0.39, 0.29) is 48.8 Å². The number of benzene rings is 2. The van der Waals surface area contributed by atoms with Crippen molar-refractivity contribution in [2.45, 2.75) is 25.3 Å². The summed E-state index contributed by atoms with van der Waals surface area (Å²) in [6, 6.07) is 15.0. The van der Waals surface area contributed by atoms with Gasteiger partial charge in [0.2, 0.25) is 6.79 Å². The van der Waals surface area contributed by atoms with E-state index in [0.717, 1.165) is 5.56 Å². The van der Waals surface area contributed by atoms with Crippen molar-refractivity contribution in [3.63, 3.8) is 0 Å². The summed E-state index contributed by atoms with van der Waals surface area (Å²) < 4.78 is 9.72. The fourth-order valence-corrected chi connectivity index (χ4v) is 2.55. The van der Waals surface area contributed by atoms with Gasteiger partial charge >= 0.3 is 41.6 Å². The van der Waals surface area contributed by atoms with Gasteiger partial charge in [-0.3, -0.25) is 4.79 Å². The Balaban J connectivity index is 0.00000420. The van der Waals surface area contributed by atoms with Crippen molar-refractivity contribution in [2.75, 3.05) is 6.79 Å². The number of ether oxygens (including phenoxy) is 2. The second kappa shape index (κ2) is 13.2. The molecule has 0 aliphatic carbocycles. The van der Waals surface area contributed by atoms with Crippen LogP contribution in [-0.2, 0) is 25.5 Å². The Morgan fingerprint density at radius 2 is 1.66 bits per heavy atom. The van der Waals surface area contributed by atoms with Crippen LogP contribution in [0.25, 0.3) is 0 Å². The van der Waals surface area contributed by atoms with Crippen molar-refractivity contribution in [1.82, 2.24) is 5.32 Å². The minimum atomic E-state index is -1.23. The van der Waals surface area contributed by atoms with Crippen LogP contribution in [0.2, 0.25) is 5.02 Å². The first-order valence-electron chi connectivity index (χ1n) is 8.52. The second-order valence-corrected chi connectivity index (χ2v) is 6.32. The van der Waals surface area contributed by atoms with Gasteiger partial charge < -0.3 is 24.7 Å². The molecular formula is C20H19ClNNaO6. The zero-order valence-electron chi connectivity index (χ0n) is 15.9. The van der Waals surface area contributed by atoms with E-state index in [1.54, 1.807) is 48.5 Å². The number of aliphatic carboxylic acids is 1. The van der Waals surface area contributed by atoms with Crippen LogP contribution in [0.15, 0.2) is 54.6 Å². The molecule has 7 nitrogen and oxygen atoms in total. The molecule has 1 amide bonds. The van der Waals surface area contributed by atoms with E-state index >= 15 is 0 Å². The van der Waals surface area contributed by atoms with Gasteiger partial charge in [0, 0.05) is 11.0 Å². The summed E-state index contributed by atoms with van der Waals surface area (Å²) in [4.78, 5) is 34.4. The number of carboxylic acid groups (broad SMARTS) is 1. The van der Waals surface area contributed by atoms with Gasteiger partial charge in [0.25, 0.3) is 0 Å². The van der Waals surface area contributed by atoms with Crippen LogP contribution in [0.5, 0.6) is 0 Å². The van der Waals surface area contributed by atoms with Crippen molar-refractivity contribution in [3.8, 4) is 0 Å². The Morgan fingerprint density at radius 3 is 2.28 bits per heavy atom. The summed E-state index contributed by atoms with van der Waals surface area (Å²) in [5.74, 6) is -1.77. The summed E-state index contributed by atoms with van der Waals surface area (Å²) >= 11 is 5.84. The molecule has 2 aromatic rings. The number of nitrogens with one attached hydrogen (secondary N) is 1. The molecule has 29 heavy (non-hydrogen) atoms. The molecule has 0 aromatic heterocycles. The largest absolute Gasteiger partial charge is 1.00 e. The average Bonchev–Trinajstić information content (AvgIpc) is 2.66. The minimum absolute atomic E-state index is 0. The van der Waals surface area contributed by atoms with E-state index in [2.05, 4.69) is 5.32 Å². The quantitative estimate of drug-likeness (QED) is 0.325. The Hall–Kier alpha value is -2.06. The van der Waals surface area contributed by atoms with Crippen LogP contribution in [0.1, 0.15) is 30.0 Å². The summed E-state index contributed by atoms with van der Waals surface area (Å²) in [6.07, 6.45) is -0.928. The third-order valence-electron chi connectivity index (χ3n) is 3.80. The number of rotatable bonds is 9. The molecular weight excluding hydrogens is 409 g/mol. The molecule has 0 spiro atoms. The number of halogens is 1. The fraction of sp³-hybridized carbons (Fsp3) is 0.250. The van der Waals surface area contributed by atoms with E-state index < -0.39 is 30.9 Å². The smallest absolute Gasteiger partial charge is 0.550 e. The maximum Gasteiger partial charge on any atom is 1.00 e. The molecule has 0 fully saturated rings. The standard InChI is InChI=1S/C20H20ClNO6.Na/c21-16-8-6-15(7-9-16)17(10-11-18(23)24)22-20(26)28-13-27-19(25)12-14-4-2-1-3-5-14;/h1-9,17H,10-13H2,(H,22,26)(H,23,24);/q;+1/p-1. The molecule has 0 bridgehead atoms. The molecule has 0 aliphatic rings. The second-order valence-electron chi connectivity index (χ2n) is 5.89. The third-order valence-corrected chi connectivity index (χ3v) is 4.05. The summed E-state index contributed by atoms with van der Waals surface area (Å²) in [5.41, 5.74) is 1.44. The number of carbonyl (C=O) groups excluding carboxylic acids is 3. The van der Waals surface area contributed by atoms with Crippen LogP contribution in [0.3, 0.4) is 0 Å². The summed E-state index contributed by atoms with van der Waals surface area (Å²) in [7, 11) is 0. The monoisotopic (exact) mass is 427 g/mol. The maximum absolute atomic E-state index is 12.0. The van der Waals surface area contributed by atoms with Gasteiger partial charge in [-0.15, -0.1) is 0 Å². The summed E-state index contributed by atoms with van der Waals surface area (Å²) in [5, 5.41) is 13.8. The van der Waals surface area contributed by atoms with Crippen molar-refractivity contribution in [1.29, 1.82) is 0 Å². The first kappa shape index (κ1) is 25.0. The van der Waals surface area contributed by atoms with Crippen molar-refractivity contribution in [2.24, 2.45) is 0 Å². The predicted octanol–water partition coefficient (Wildman–Crippen LogP) is -0.615. The average molecular weight is 428 g/mol. The molecule has 2 aromatic carbocycles. The number of amides is 1. The Labute approximate surface area is 195 Å². The molecule has 1 unspecified atom stereocenters. The van der Waals surface area contributed by atoms with Gasteiger partial charge in [-0.05, 0) is 36.1 Å². The van der Waals surface area contributed by atoms with Gasteiger partial charge in [0.05, 0.1) is 12.5 Å². The van der Waals surface area contributed by atoms with Gasteiger partial charge in [0.1, 0.15) is 0 Å². The molecule has 1 atom stereocenters. The zero-order valence-corrected chi connectivity index (χ0v) is 18.7. The first-order chi connectivity index (χ1) is 13.4. The molecule has 0 saturated carbocycles. The summed E-state index contributed by atoms with van der Waals surface area (Å²) in [6.45, 7) is -0.550. The minimum Gasteiger partial charge on any atom is -0.550 e. The molecule has 148 valence electrons. The predicted molar refractivity (Wildman–Crippen MR) is 99.2 cm³/mol. The van der Waals surface area contributed by atoms with Gasteiger partial charge in [-0.1, -0.05) is 54.1 Å². The van der Waals surface area contributed by atoms with Crippen LogP contribution >= 0.6 is 11.6 Å². The Bertz CT molecular complexity index is 800. The number of carbonyl (C=O) groups is 3. The maximum atomic E-state index is 12.0. The number of hydrogen-bond acceptors (Lipinski definition) is 6. The van der Waals surface area contributed by atoms with Gasteiger partial charge in [0.15, 0.2) is 0 Å². The van der Waals surface area contributed by atoms with E-state index in [9.17, 15) is 19.5 Å². The van der Waals surface area contributed by atoms with E-state index in [4.69, 9.17) is 21.1 Å². The van der Waals surface area contributed by atoms with Crippen LogP contribution < -0.4 is 40.0 Å². The number of alkyl carbamates (subject to hydrolysis) is 1. The third kappa shape index (κ3) is 9.80. The molecule has 0 aliphatic heterocycles. The van der Waals surface area contributed by atoms with E-state index in [0.29, 0.717) is 10.6 Å². The van der Waals surface area contributed by atoms with Crippen molar-refractivity contribution >= 4 is 29.6 Å². The number of hydrogen-bond donors (Lipinski definition) is 1. The fourth-order valence-electron chi connectivity index (χ4n) is 2.43. The molecule has 0 heterocycles. The van der Waals surface area contributed by atoms with Crippen LogP contribution in [0, 0.1) is 0 Å². The normalized spacial score (nSPS) is 10.9. The van der Waals surface area contributed by atoms with Crippen molar-refractivity contribution in [3.05, 3.63) is 70.7 Å². The molecule has 9 heteroatoms. The van der Waals surface area contributed by atoms with Crippen LogP contribution in [-0.4, -0.2) is 24.8 Å².